The Morgan fingerprint density at radius 1 is 1.44 bits per heavy atom. The largest absolute Gasteiger partial charge is 0.451 e. The van der Waals surface area contributed by atoms with Crippen LogP contribution in [0.1, 0.15) is 30.3 Å². The van der Waals surface area contributed by atoms with E-state index in [-0.39, 0.29) is 16.6 Å². The molecule has 2 rings (SSSR count). The summed E-state index contributed by atoms with van der Waals surface area (Å²) in [5, 5.41) is 0.704. The lowest BCUT2D eigenvalue weighted by atomic mass is 10.2. The maximum Gasteiger partial charge on any atom is 0.198 e. The first-order chi connectivity index (χ1) is 7.61. The van der Waals surface area contributed by atoms with Crippen molar-refractivity contribution in [3.8, 4) is 0 Å². The lowest BCUT2D eigenvalue weighted by Crippen LogP contribution is -1.94. The van der Waals surface area contributed by atoms with Crippen LogP contribution in [-0.4, -0.2) is 5.78 Å². The molecule has 84 valence electrons. The number of carbonyl (C=O) groups excluding carboxylic acids is 1. The first-order valence-electron chi connectivity index (χ1n) is 5.03. The third-order valence-corrected chi connectivity index (χ3v) is 2.57. The van der Waals surface area contributed by atoms with E-state index in [4.69, 9.17) is 16.0 Å². The van der Waals surface area contributed by atoms with Gasteiger partial charge in [-0.15, -0.1) is 0 Å². The molecule has 1 aromatic carbocycles. The van der Waals surface area contributed by atoms with Gasteiger partial charge in [-0.1, -0.05) is 18.5 Å². The minimum absolute atomic E-state index is 0.0878. The van der Waals surface area contributed by atoms with Gasteiger partial charge < -0.3 is 4.42 Å². The van der Waals surface area contributed by atoms with Crippen LogP contribution in [0.3, 0.4) is 0 Å². The van der Waals surface area contributed by atoms with Crippen LogP contribution in [0.15, 0.2) is 22.6 Å². The van der Waals surface area contributed by atoms with E-state index in [2.05, 4.69) is 0 Å². The second-order valence-electron chi connectivity index (χ2n) is 3.59. The monoisotopic (exact) mass is 240 g/mol. The summed E-state index contributed by atoms with van der Waals surface area (Å²) in [6.07, 6.45) is 1.16. The molecule has 2 nitrogen and oxygen atoms in total. The lowest BCUT2D eigenvalue weighted by Gasteiger charge is -1.93. The maximum absolute atomic E-state index is 13.0. The Hall–Kier alpha value is -1.35. The Morgan fingerprint density at radius 3 is 2.88 bits per heavy atom. The molecule has 0 radical (unpaired) electrons. The molecule has 2 aromatic rings. The molecule has 0 amide bonds. The Morgan fingerprint density at radius 2 is 2.19 bits per heavy atom. The first-order valence-corrected chi connectivity index (χ1v) is 5.41. The van der Waals surface area contributed by atoms with E-state index in [1.54, 1.807) is 0 Å². The highest BCUT2D eigenvalue weighted by molar-refractivity contribution is 6.34. The second-order valence-corrected chi connectivity index (χ2v) is 4.00. The molecule has 0 saturated heterocycles. The zero-order chi connectivity index (χ0) is 11.7. The molecule has 0 aliphatic rings. The van der Waals surface area contributed by atoms with E-state index in [1.807, 2.05) is 6.92 Å². The standard InChI is InChI=1S/C12H10ClFO2/c1-2-3-10(15)11-5-7-4-8(14)6-9(13)12(7)16-11/h4-6H,2-3H2,1H3. The van der Waals surface area contributed by atoms with Crippen LogP contribution in [0.4, 0.5) is 4.39 Å². The van der Waals surface area contributed by atoms with Crippen molar-refractivity contribution in [3.05, 3.63) is 34.8 Å². The van der Waals surface area contributed by atoms with Crippen LogP contribution in [0.25, 0.3) is 11.0 Å². The molecule has 0 N–H and O–H groups in total. The number of hydrogen-bond acceptors (Lipinski definition) is 2. The van der Waals surface area contributed by atoms with Crippen molar-refractivity contribution < 1.29 is 13.6 Å². The van der Waals surface area contributed by atoms with Gasteiger partial charge in [0.25, 0.3) is 0 Å². The van der Waals surface area contributed by atoms with E-state index in [1.165, 1.54) is 18.2 Å². The molecule has 0 aliphatic heterocycles. The fourth-order valence-electron chi connectivity index (χ4n) is 1.56. The Kier molecular flexibility index (Phi) is 2.97. The van der Waals surface area contributed by atoms with E-state index < -0.39 is 5.82 Å². The van der Waals surface area contributed by atoms with Gasteiger partial charge in [0, 0.05) is 11.8 Å². The third-order valence-electron chi connectivity index (χ3n) is 2.29. The highest BCUT2D eigenvalue weighted by atomic mass is 35.5. The summed E-state index contributed by atoms with van der Waals surface area (Å²) in [6, 6.07) is 4.00. The molecule has 0 atom stereocenters. The molecular formula is C12H10ClFO2. The van der Waals surface area contributed by atoms with Crippen molar-refractivity contribution in [2.45, 2.75) is 19.8 Å². The molecule has 0 spiro atoms. The Balaban J connectivity index is 2.51. The Bertz CT molecular complexity index is 545. The summed E-state index contributed by atoms with van der Waals surface area (Å²) in [5.41, 5.74) is 0.363. The predicted molar refractivity (Wildman–Crippen MR) is 60.4 cm³/mol. The van der Waals surface area contributed by atoms with E-state index in [0.29, 0.717) is 17.4 Å². The fourth-order valence-corrected chi connectivity index (χ4v) is 1.82. The normalized spacial score (nSPS) is 10.9. The molecule has 0 saturated carbocycles. The summed E-state index contributed by atoms with van der Waals surface area (Å²) >= 11 is 5.81. The van der Waals surface area contributed by atoms with Gasteiger partial charge in [-0.3, -0.25) is 4.79 Å². The summed E-state index contributed by atoms with van der Waals surface area (Å²) in [4.78, 5) is 11.6. The quantitative estimate of drug-likeness (QED) is 0.753. The van der Waals surface area contributed by atoms with Crippen molar-refractivity contribution >= 4 is 28.4 Å². The van der Waals surface area contributed by atoms with Crippen molar-refractivity contribution in [1.82, 2.24) is 0 Å². The average molecular weight is 241 g/mol. The van der Waals surface area contributed by atoms with Crippen molar-refractivity contribution in [2.75, 3.05) is 0 Å². The van der Waals surface area contributed by atoms with E-state index in [9.17, 15) is 9.18 Å². The van der Waals surface area contributed by atoms with Crippen LogP contribution < -0.4 is 0 Å². The van der Waals surface area contributed by atoms with Gasteiger partial charge in [0.05, 0.1) is 5.02 Å². The van der Waals surface area contributed by atoms with Gasteiger partial charge in [0.1, 0.15) is 5.82 Å². The van der Waals surface area contributed by atoms with Gasteiger partial charge in [0.2, 0.25) is 0 Å². The number of Topliss-reactive ketones (excluding diaryl/α,β-unsaturated/α-hetero) is 1. The summed E-state index contributed by atoms with van der Waals surface area (Å²) < 4.78 is 18.4. The SMILES string of the molecule is CCCC(=O)c1cc2cc(F)cc(Cl)c2o1. The third kappa shape index (κ3) is 1.95. The first kappa shape index (κ1) is 11.1. The zero-order valence-corrected chi connectivity index (χ0v) is 9.47. The predicted octanol–water partition coefficient (Wildman–Crippen LogP) is 4.21. The summed E-state index contributed by atoms with van der Waals surface area (Å²) in [7, 11) is 0. The highest BCUT2D eigenvalue weighted by Gasteiger charge is 2.14. The van der Waals surface area contributed by atoms with Gasteiger partial charge in [-0.2, -0.15) is 0 Å². The molecule has 4 heteroatoms. The highest BCUT2D eigenvalue weighted by Crippen LogP contribution is 2.28. The van der Waals surface area contributed by atoms with Crippen LogP contribution in [-0.2, 0) is 0 Å². The number of hydrogen-bond donors (Lipinski definition) is 0. The Labute approximate surface area is 97.0 Å². The van der Waals surface area contributed by atoms with Gasteiger partial charge in [0.15, 0.2) is 17.1 Å². The molecule has 0 bridgehead atoms. The minimum atomic E-state index is -0.437. The van der Waals surface area contributed by atoms with Crippen molar-refractivity contribution in [3.63, 3.8) is 0 Å². The van der Waals surface area contributed by atoms with Crippen LogP contribution in [0.2, 0.25) is 5.02 Å². The molecule has 0 fully saturated rings. The van der Waals surface area contributed by atoms with Crippen molar-refractivity contribution in [1.29, 1.82) is 0 Å². The number of carbonyl (C=O) groups is 1. The topological polar surface area (TPSA) is 30.2 Å². The van der Waals surface area contributed by atoms with E-state index in [0.717, 1.165) is 6.42 Å². The molecule has 1 heterocycles. The number of rotatable bonds is 3. The average Bonchev–Trinajstić information content (AvgIpc) is 2.62. The van der Waals surface area contributed by atoms with Crippen LogP contribution in [0.5, 0.6) is 0 Å². The lowest BCUT2D eigenvalue weighted by molar-refractivity contribution is 0.0957. The van der Waals surface area contributed by atoms with E-state index >= 15 is 0 Å². The summed E-state index contributed by atoms with van der Waals surface area (Å²) in [6.45, 7) is 1.91. The molecule has 0 unspecified atom stereocenters. The molecule has 16 heavy (non-hydrogen) atoms. The molecular weight excluding hydrogens is 231 g/mol. The zero-order valence-electron chi connectivity index (χ0n) is 8.72. The summed E-state index contributed by atoms with van der Waals surface area (Å²) in [5.74, 6) is -0.285. The van der Waals surface area contributed by atoms with Crippen molar-refractivity contribution in [2.24, 2.45) is 0 Å². The number of furan rings is 1. The second kappa shape index (κ2) is 4.26. The van der Waals surface area contributed by atoms with Gasteiger partial charge >= 0.3 is 0 Å². The smallest absolute Gasteiger partial charge is 0.198 e. The number of ketones is 1. The minimum Gasteiger partial charge on any atom is -0.451 e. The number of halogens is 2. The number of benzene rings is 1. The fraction of sp³-hybridized carbons (Fsp3) is 0.250. The maximum atomic E-state index is 13.0. The molecule has 1 aromatic heterocycles. The van der Waals surface area contributed by atoms with Gasteiger partial charge in [-0.05, 0) is 24.6 Å². The molecule has 0 aliphatic carbocycles. The number of fused-ring (bicyclic) bond motifs is 1. The van der Waals surface area contributed by atoms with Gasteiger partial charge in [-0.25, -0.2) is 4.39 Å². The van der Waals surface area contributed by atoms with Crippen LogP contribution in [0, 0.1) is 5.82 Å². The van der Waals surface area contributed by atoms with Crippen LogP contribution >= 0.6 is 11.6 Å².